The van der Waals surface area contributed by atoms with Crippen LogP contribution in [0.4, 0.5) is 10.5 Å². The molecule has 3 rings (SSSR count). The number of urea groups is 1. The molecule has 0 atom stereocenters. The molecule has 1 saturated heterocycles. The Balaban J connectivity index is 0.00000261. The summed E-state index contributed by atoms with van der Waals surface area (Å²) >= 11 is 0. The zero-order chi connectivity index (χ0) is 18.7. The van der Waals surface area contributed by atoms with Gasteiger partial charge in [0.05, 0.1) is 12.2 Å². The molecule has 0 radical (unpaired) electrons. The zero-order valence-electron chi connectivity index (χ0n) is 15.5. The summed E-state index contributed by atoms with van der Waals surface area (Å²) in [5.74, 6) is 0.182. The second-order valence-electron chi connectivity index (χ2n) is 7.04. The van der Waals surface area contributed by atoms with Crippen LogP contribution in [0.15, 0.2) is 41.4 Å². The average Bonchev–Trinajstić information content (AvgIpc) is 3.17. The lowest BCUT2D eigenvalue weighted by molar-refractivity contribution is -0.121. The molecule has 8 heteroatoms. The number of nitrogens with two attached hydrogens (primary N) is 1. The highest BCUT2D eigenvalue weighted by molar-refractivity contribution is 14.0. The minimum Gasteiger partial charge on any atom is -0.370 e. The molecule has 4 N–H and O–H groups in total. The third-order valence-corrected chi connectivity index (χ3v) is 4.79. The number of hydrogen-bond acceptors (Lipinski definition) is 3. The maximum atomic E-state index is 12.8. The smallest absolute Gasteiger partial charge is 0.329 e. The van der Waals surface area contributed by atoms with Crippen LogP contribution in [0.5, 0.6) is 0 Å². The fourth-order valence-electron chi connectivity index (χ4n) is 3.44. The van der Waals surface area contributed by atoms with Crippen molar-refractivity contribution in [1.29, 1.82) is 0 Å². The van der Waals surface area contributed by atoms with Crippen molar-refractivity contribution in [2.75, 3.05) is 11.4 Å². The Labute approximate surface area is 176 Å². The predicted octanol–water partition coefficient (Wildman–Crippen LogP) is 2.65. The standard InChI is InChI=1S/C19H25N5O2.HI/c1-13(2)11-21-17(20)22-12-14-6-5-7-15(10-14)24-16(25)19(23-18(24)26)8-3-4-9-19;/h5-7,10H,1,3-4,8-9,11-12H2,2H3,(H,23,26)(H3,20,21,22);1H. The van der Waals surface area contributed by atoms with Gasteiger partial charge >= 0.3 is 6.03 Å². The van der Waals surface area contributed by atoms with E-state index in [0.717, 1.165) is 24.0 Å². The number of nitrogens with one attached hydrogen (secondary N) is 2. The number of guanidine groups is 1. The summed E-state index contributed by atoms with van der Waals surface area (Å²) in [4.78, 5) is 30.8. The van der Waals surface area contributed by atoms with Crippen LogP contribution < -0.4 is 21.3 Å². The first kappa shape index (κ1) is 21.2. The van der Waals surface area contributed by atoms with Crippen molar-refractivity contribution < 1.29 is 9.59 Å². The van der Waals surface area contributed by atoms with E-state index in [4.69, 9.17) is 5.73 Å². The summed E-state index contributed by atoms with van der Waals surface area (Å²) < 4.78 is 0. The summed E-state index contributed by atoms with van der Waals surface area (Å²) in [5.41, 5.74) is 7.52. The Morgan fingerprint density at radius 2 is 2.07 bits per heavy atom. The number of amides is 3. The highest BCUT2D eigenvalue weighted by Gasteiger charge is 2.52. The van der Waals surface area contributed by atoms with Crippen molar-refractivity contribution in [3.05, 3.63) is 42.0 Å². The van der Waals surface area contributed by atoms with Gasteiger partial charge in [0.1, 0.15) is 5.54 Å². The minimum atomic E-state index is -0.706. The van der Waals surface area contributed by atoms with E-state index >= 15 is 0 Å². The molecule has 1 spiro atoms. The lowest BCUT2D eigenvalue weighted by Crippen LogP contribution is -2.44. The van der Waals surface area contributed by atoms with Crippen molar-refractivity contribution in [3.63, 3.8) is 0 Å². The summed E-state index contributed by atoms with van der Waals surface area (Å²) in [6.45, 7) is 6.63. The Kier molecular flexibility index (Phi) is 6.85. The summed E-state index contributed by atoms with van der Waals surface area (Å²) in [6, 6.07) is 6.93. The normalized spacial score (nSPS) is 18.4. The molecule has 7 nitrogen and oxygen atoms in total. The van der Waals surface area contributed by atoms with Gasteiger partial charge in [-0.25, -0.2) is 14.7 Å². The van der Waals surface area contributed by atoms with Crippen LogP contribution in [0, 0.1) is 0 Å². The summed E-state index contributed by atoms with van der Waals surface area (Å²) in [7, 11) is 0. The number of halogens is 1. The number of hydrogen-bond donors (Lipinski definition) is 3. The maximum Gasteiger partial charge on any atom is 0.329 e. The van der Waals surface area contributed by atoms with Crippen molar-refractivity contribution in [3.8, 4) is 0 Å². The van der Waals surface area contributed by atoms with Gasteiger partial charge in [-0.05, 0) is 37.5 Å². The number of anilines is 1. The third-order valence-electron chi connectivity index (χ3n) is 4.79. The van der Waals surface area contributed by atoms with Crippen LogP contribution in [0.1, 0.15) is 38.2 Å². The average molecular weight is 483 g/mol. The fraction of sp³-hybridized carbons (Fsp3) is 0.421. The van der Waals surface area contributed by atoms with Crippen molar-refractivity contribution in [1.82, 2.24) is 10.6 Å². The first-order valence-electron chi connectivity index (χ1n) is 8.85. The van der Waals surface area contributed by atoms with E-state index in [-0.39, 0.29) is 35.9 Å². The molecule has 3 amide bonds. The first-order chi connectivity index (χ1) is 12.4. The van der Waals surface area contributed by atoms with Gasteiger partial charge in [-0.2, -0.15) is 0 Å². The summed E-state index contributed by atoms with van der Waals surface area (Å²) in [6.07, 6.45) is 3.35. The van der Waals surface area contributed by atoms with Crippen molar-refractivity contribution >= 4 is 47.6 Å². The van der Waals surface area contributed by atoms with E-state index in [1.165, 1.54) is 4.90 Å². The molecule has 1 aliphatic carbocycles. The number of nitrogens with zero attached hydrogens (tertiary/aromatic N) is 2. The van der Waals surface area contributed by atoms with E-state index in [0.29, 0.717) is 37.6 Å². The molecule has 146 valence electrons. The second-order valence-corrected chi connectivity index (χ2v) is 7.04. The molecule has 1 aromatic carbocycles. The van der Waals surface area contributed by atoms with Gasteiger partial charge in [0.25, 0.3) is 5.91 Å². The van der Waals surface area contributed by atoms with Crippen molar-refractivity contribution in [2.24, 2.45) is 10.7 Å². The van der Waals surface area contributed by atoms with Crippen LogP contribution in [-0.4, -0.2) is 30.0 Å². The van der Waals surface area contributed by atoms with Crippen LogP contribution in [-0.2, 0) is 11.3 Å². The van der Waals surface area contributed by atoms with E-state index in [1.54, 1.807) is 12.1 Å². The highest BCUT2D eigenvalue weighted by Crippen LogP contribution is 2.37. The highest BCUT2D eigenvalue weighted by atomic mass is 127. The summed E-state index contributed by atoms with van der Waals surface area (Å²) in [5, 5.41) is 5.86. The predicted molar refractivity (Wildman–Crippen MR) is 117 cm³/mol. The van der Waals surface area contributed by atoms with E-state index < -0.39 is 5.54 Å². The number of rotatable bonds is 5. The molecule has 1 aromatic rings. The van der Waals surface area contributed by atoms with Crippen LogP contribution in [0.2, 0.25) is 0 Å². The largest absolute Gasteiger partial charge is 0.370 e. The van der Waals surface area contributed by atoms with Gasteiger partial charge in [-0.1, -0.05) is 37.1 Å². The number of carbonyl (C=O) groups is 2. The molecule has 1 aliphatic heterocycles. The van der Waals surface area contributed by atoms with Crippen LogP contribution in [0.3, 0.4) is 0 Å². The van der Waals surface area contributed by atoms with Gasteiger partial charge in [0.2, 0.25) is 0 Å². The molecule has 2 aliphatic rings. The number of benzene rings is 1. The van der Waals surface area contributed by atoms with Crippen LogP contribution in [0.25, 0.3) is 0 Å². The Bertz CT molecular complexity index is 771. The second kappa shape index (κ2) is 8.73. The fourth-order valence-corrected chi connectivity index (χ4v) is 3.44. The van der Waals surface area contributed by atoms with Crippen molar-refractivity contribution in [2.45, 2.75) is 44.7 Å². The lowest BCUT2D eigenvalue weighted by atomic mass is 9.98. The van der Waals surface area contributed by atoms with Gasteiger partial charge < -0.3 is 16.4 Å². The quantitative estimate of drug-likeness (QED) is 0.197. The van der Waals surface area contributed by atoms with E-state index in [9.17, 15) is 9.59 Å². The first-order valence-corrected chi connectivity index (χ1v) is 8.85. The molecule has 0 bridgehead atoms. The molecule has 0 unspecified atom stereocenters. The topological polar surface area (TPSA) is 99.8 Å². The monoisotopic (exact) mass is 483 g/mol. The Hall–Kier alpha value is -2.10. The number of imide groups is 1. The third kappa shape index (κ3) is 4.60. The molecule has 1 heterocycles. The maximum absolute atomic E-state index is 12.8. The Morgan fingerprint density at radius 3 is 2.74 bits per heavy atom. The van der Waals surface area contributed by atoms with E-state index in [2.05, 4.69) is 22.2 Å². The molecule has 2 fully saturated rings. The molecular formula is C19H26IN5O2. The minimum absolute atomic E-state index is 0. The van der Waals surface area contributed by atoms with Gasteiger partial charge in [0, 0.05) is 6.54 Å². The Morgan fingerprint density at radius 1 is 1.37 bits per heavy atom. The number of carbonyl (C=O) groups excluding carboxylic acids is 2. The van der Waals surface area contributed by atoms with Gasteiger partial charge in [-0.15, -0.1) is 24.0 Å². The van der Waals surface area contributed by atoms with Crippen LogP contribution >= 0.6 is 24.0 Å². The van der Waals surface area contributed by atoms with E-state index in [1.807, 2.05) is 19.1 Å². The molecule has 1 saturated carbocycles. The zero-order valence-corrected chi connectivity index (χ0v) is 17.8. The molecule has 27 heavy (non-hydrogen) atoms. The van der Waals surface area contributed by atoms with Gasteiger partial charge in [0.15, 0.2) is 5.96 Å². The number of aliphatic imine (C=N–C) groups is 1. The van der Waals surface area contributed by atoms with Gasteiger partial charge in [-0.3, -0.25) is 4.79 Å². The molecule has 0 aromatic heterocycles. The lowest BCUT2D eigenvalue weighted by Gasteiger charge is -2.20. The molecular weight excluding hydrogens is 457 g/mol. The SMILES string of the molecule is C=C(C)CNC(N)=NCc1cccc(N2C(=O)NC3(CCCC3)C2=O)c1.I.